The van der Waals surface area contributed by atoms with Crippen LogP contribution in [0.5, 0.6) is 0 Å². The summed E-state index contributed by atoms with van der Waals surface area (Å²) in [6.45, 7) is 0.156. The minimum absolute atomic E-state index is 0.156. The van der Waals surface area contributed by atoms with Gasteiger partial charge in [0.15, 0.2) is 0 Å². The van der Waals surface area contributed by atoms with E-state index in [2.05, 4.69) is 10.3 Å². The zero-order valence-corrected chi connectivity index (χ0v) is 13.4. The number of rotatable bonds is 4. The molecule has 2 aromatic carbocycles. The molecule has 25 heavy (non-hydrogen) atoms. The molecule has 9 heteroatoms. The molecule has 1 heterocycles. The molecule has 0 saturated heterocycles. The van der Waals surface area contributed by atoms with Crippen molar-refractivity contribution in [3.8, 4) is 0 Å². The number of nitrogens with zero attached hydrogens (tertiary/aromatic N) is 2. The Labute approximate surface area is 143 Å². The molecule has 0 fully saturated rings. The average Bonchev–Trinajstić information content (AvgIpc) is 2.86. The van der Waals surface area contributed by atoms with Crippen molar-refractivity contribution in [3.05, 3.63) is 76.0 Å². The molecule has 0 atom stereocenters. The molecule has 0 radical (unpaired) electrons. The summed E-state index contributed by atoms with van der Waals surface area (Å²) in [7, 11) is 0. The van der Waals surface area contributed by atoms with Crippen LogP contribution in [-0.2, 0) is 12.7 Å². The van der Waals surface area contributed by atoms with E-state index in [1.165, 1.54) is 34.3 Å². The molecule has 0 amide bonds. The van der Waals surface area contributed by atoms with Gasteiger partial charge in [-0.15, -0.1) is 0 Å². The third kappa shape index (κ3) is 4.24. The Morgan fingerprint density at radius 2 is 1.84 bits per heavy atom. The Morgan fingerprint density at radius 3 is 2.48 bits per heavy atom. The van der Waals surface area contributed by atoms with E-state index >= 15 is 0 Å². The summed E-state index contributed by atoms with van der Waals surface area (Å²) in [5, 5.41) is 3.02. The highest BCUT2D eigenvalue weighted by atomic mass is 32.1. The van der Waals surface area contributed by atoms with E-state index in [0.29, 0.717) is 11.3 Å². The summed E-state index contributed by atoms with van der Waals surface area (Å²) in [5.41, 5.74) is -0.307. The van der Waals surface area contributed by atoms with Crippen LogP contribution in [-0.4, -0.2) is 8.94 Å². The smallest absolute Gasteiger partial charge is 0.330 e. The van der Waals surface area contributed by atoms with E-state index in [-0.39, 0.29) is 11.7 Å². The molecule has 0 aliphatic rings. The first-order valence-corrected chi connectivity index (χ1v) is 7.85. The largest absolute Gasteiger partial charge is 0.416 e. The van der Waals surface area contributed by atoms with Crippen molar-refractivity contribution in [2.24, 2.45) is 0 Å². The monoisotopic (exact) mass is 369 g/mol. The molecule has 0 saturated carbocycles. The molecule has 0 aliphatic heterocycles. The summed E-state index contributed by atoms with van der Waals surface area (Å²) in [6.07, 6.45) is -4.41. The van der Waals surface area contributed by atoms with Crippen LogP contribution in [0.1, 0.15) is 11.1 Å². The standard InChI is InChI=1S/C16H11F4N3OS/c17-12-3-1-2-10(8-12)9-23-15(24)22-14(25-23)21-13-6-4-11(5-7-13)16(18,19)20/h1-8H,9H2,(H,21,22,24). The van der Waals surface area contributed by atoms with Gasteiger partial charge in [-0.1, -0.05) is 12.1 Å². The lowest BCUT2D eigenvalue weighted by atomic mass is 10.2. The highest BCUT2D eigenvalue weighted by Gasteiger charge is 2.29. The maximum Gasteiger partial charge on any atom is 0.416 e. The Bertz CT molecular complexity index is 932. The number of benzene rings is 2. The first kappa shape index (κ1) is 17.2. The summed E-state index contributed by atoms with van der Waals surface area (Å²) in [5.74, 6) is -0.404. The van der Waals surface area contributed by atoms with Crippen LogP contribution < -0.4 is 11.0 Å². The second-order valence-corrected chi connectivity index (χ2v) is 6.17. The second-order valence-electron chi connectivity index (χ2n) is 5.16. The fourth-order valence-corrected chi connectivity index (χ4v) is 2.95. The average molecular weight is 369 g/mol. The molecular weight excluding hydrogens is 358 g/mol. The SMILES string of the molecule is O=c1nc(Nc2ccc(C(F)(F)F)cc2)sn1Cc1cccc(F)c1. The molecule has 0 spiro atoms. The predicted octanol–water partition coefficient (Wildman–Crippen LogP) is 4.25. The van der Waals surface area contributed by atoms with Crippen molar-refractivity contribution in [1.82, 2.24) is 8.94 Å². The molecule has 4 nitrogen and oxygen atoms in total. The molecule has 1 N–H and O–H groups in total. The highest BCUT2D eigenvalue weighted by molar-refractivity contribution is 7.10. The van der Waals surface area contributed by atoms with Gasteiger partial charge in [0.1, 0.15) is 5.82 Å². The molecule has 130 valence electrons. The number of halogens is 4. The maximum atomic E-state index is 13.2. The normalized spacial score (nSPS) is 11.5. The van der Waals surface area contributed by atoms with Gasteiger partial charge in [-0.05, 0) is 53.5 Å². The quantitative estimate of drug-likeness (QED) is 0.700. The molecule has 0 bridgehead atoms. The van der Waals surface area contributed by atoms with Crippen LogP contribution in [0.15, 0.2) is 53.3 Å². The summed E-state index contributed by atoms with van der Waals surface area (Å²) in [6, 6.07) is 10.2. The van der Waals surface area contributed by atoms with Crippen LogP contribution in [0.3, 0.4) is 0 Å². The number of nitrogens with one attached hydrogen (secondary N) is 1. The van der Waals surface area contributed by atoms with Gasteiger partial charge in [-0.2, -0.15) is 18.2 Å². The molecule has 0 unspecified atom stereocenters. The minimum Gasteiger partial charge on any atom is -0.330 e. The third-order valence-corrected chi connectivity index (χ3v) is 4.16. The molecular formula is C16H11F4N3OS. The lowest BCUT2D eigenvalue weighted by Gasteiger charge is -2.07. The summed E-state index contributed by atoms with van der Waals surface area (Å²) in [4.78, 5) is 15.7. The molecule has 1 aromatic heterocycles. The van der Waals surface area contributed by atoms with Gasteiger partial charge in [-0.3, -0.25) is 0 Å². The lowest BCUT2D eigenvalue weighted by Crippen LogP contribution is -2.15. The summed E-state index contributed by atoms with van der Waals surface area (Å²) < 4.78 is 52.1. The van der Waals surface area contributed by atoms with E-state index in [1.807, 2.05) is 0 Å². The maximum absolute atomic E-state index is 13.2. The van der Waals surface area contributed by atoms with E-state index in [9.17, 15) is 22.4 Å². The number of alkyl halides is 3. The Morgan fingerprint density at radius 1 is 1.12 bits per heavy atom. The van der Waals surface area contributed by atoms with E-state index in [4.69, 9.17) is 0 Å². The van der Waals surface area contributed by atoms with Crippen molar-refractivity contribution in [2.75, 3.05) is 5.32 Å². The molecule has 0 aliphatic carbocycles. The van der Waals surface area contributed by atoms with Crippen molar-refractivity contribution in [1.29, 1.82) is 0 Å². The topological polar surface area (TPSA) is 46.9 Å². The van der Waals surface area contributed by atoms with E-state index in [1.54, 1.807) is 6.07 Å². The van der Waals surface area contributed by atoms with Crippen molar-refractivity contribution in [2.45, 2.75) is 12.7 Å². The molecule has 3 aromatic rings. The van der Waals surface area contributed by atoms with Gasteiger partial charge in [0, 0.05) is 5.69 Å². The first-order chi connectivity index (χ1) is 11.8. The van der Waals surface area contributed by atoms with Gasteiger partial charge in [0.2, 0.25) is 5.13 Å². The first-order valence-electron chi connectivity index (χ1n) is 7.08. The van der Waals surface area contributed by atoms with Crippen LogP contribution in [0.2, 0.25) is 0 Å². The highest BCUT2D eigenvalue weighted by Crippen LogP contribution is 2.30. The van der Waals surface area contributed by atoms with Crippen molar-refractivity contribution < 1.29 is 17.6 Å². The van der Waals surface area contributed by atoms with Gasteiger partial charge in [0.25, 0.3) is 0 Å². The number of aromatic nitrogens is 2. The summed E-state index contributed by atoms with van der Waals surface area (Å²) >= 11 is 1.00. The van der Waals surface area contributed by atoms with Crippen molar-refractivity contribution >= 4 is 22.4 Å². The zero-order valence-electron chi connectivity index (χ0n) is 12.5. The Balaban J connectivity index is 1.75. The van der Waals surface area contributed by atoms with Gasteiger partial charge < -0.3 is 5.32 Å². The third-order valence-electron chi connectivity index (χ3n) is 3.29. The number of hydrogen-bond acceptors (Lipinski definition) is 4. The van der Waals surface area contributed by atoms with E-state index < -0.39 is 23.2 Å². The van der Waals surface area contributed by atoms with Crippen LogP contribution in [0.25, 0.3) is 0 Å². The predicted molar refractivity (Wildman–Crippen MR) is 86.6 cm³/mol. The number of anilines is 2. The zero-order chi connectivity index (χ0) is 18.0. The number of hydrogen-bond donors (Lipinski definition) is 1. The Hall–Kier alpha value is -2.68. The fourth-order valence-electron chi connectivity index (χ4n) is 2.12. The van der Waals surface area contributed by atoms with Gasteiger partial charge in [-0.25, -0.2) is 13.1 Å². The second kappa shape index (κ2) is 6.67. The van der Waals surface area contributed by atoms with Crippen LogP contribution in [0.4, 0.5) is 28.4 Å². The Kier molecular flexibility index (Phi) is 4.58. The lowest BCUT2D eigenvalue weighted by molar-refractivity contribution is -0.137. The van der Waals surface area contributed by atoms with Gasteiger partial charge >= 0.3 is 11.9 Å². The minimum atomic E-state index is -4.41. The van der Waals surface area contributed by atoms with Crippen LogP contribution in [0, 0.1) is 5.82 Å². The van der Waals surface area contributed by atoms with Crippen molar-refractivity contribution in [3.63, 3.8) is 0 Å². The van der Waals surface area contributed by atoms with Crippen LogP contribution >= 0.6 is 11.5 Å². The van der Waals surface area contributed by atoms with E-state index in [0.717, 1.165) is 23.7 Å². The van der Waals surface area contributed by atoms with Gasteiger partial charge in [0.05, 0.1) is 12.1 Å². The molecule has 3 rings (SSSR count). The fraction of sp³-hybridized carbons (Fsp3) is 0.125.